The predicted octanol–water partition coefficient (Wildman–Crippen LogP) is 0.904. The van der Waals surface area contributed by atoms with Gasteiger partial charge in [0.05, 0.1) is 32.0 Å². The second kappa shape index (κ2) is 8.06. The average Bonchev–Trinajstić information content (AvgIpc) is 3.23. The summed E-state index contributed by atoms with van der Waals surface area (Å²) in [5.41, 5.74) is 0. The number of β-amino-alcohol motifs (C(OH)–C–C–N with tert-alkyl or cyclic N) is 1. The molecular weight excluding hydrogens is 282 g/mol. The summed E-state index contributed by atoms with van der Waals surface area (Å²) in [5, 5.41) is 14.5. The number of ether oxygens (including phenoxy) is 2. The first-order valence-electron chi connectivity index (χ1n) is 8.40. The molecule has 0 amide bonds. The average molecular weight is 309 g/mol. The molecule has 0 radical (unpaired) electrons. The van der Waals surface area contributed by atoms with Crippen molar-refractivity contribution in [3.63, 3.8) is 0 Å². The van der Waals surface area contributed by atoms with E-state index in [0.717, 1.165) is 32.5 Å². The third kappa shape index (κ3) is 4.52. The lowest BCUT2D eigenvalue weighted by Crippen LogP contribution is -2.40. The van der Waals surface area contributed by atoms with Gasteiger partial charge in [-0.25, -0.2) is 0 Å². The molecule has 3 atom stereocenters. The van der Waals surface area contributed by atoms with E-state index in [2.05, 4.69) is 10.00 Å². The topological polar surface area (TPSA) is 59.8 Å². The van der Waals surface area contributed by atoms with Crippen LogP contribution >= 0.6 is 0 Å². The Kier molecular flexibility index (Phi) is 5.83. The van der Waals surface area contributed by atoms with Gasteiger partial charge in [0.25, 0.3) is 0 Å². The predicted molar refractivity (Wildman–Crippen MR) is 82.6 cm³/mol. The molecule has 124 valence electrons. The summed E-state index contributed by atoms with van der Waals surface area (Å²) in [6.45, 7) is 4.47. The van der Waals surface area contributed by atoms with Gasteiger partial charge in [0.1, 0.15) is 0 Å². The van der Waals surface area contributed by atoms with Gasteiger partial charge in [0.2, 0.25) is 0 Å². The fourth-order valence-corrected chi connectivity index (χ4v) is 3.40. The molecule has 0 aliphatic carbocycles. The molecule has 0 bridgehead atoms. The molecule has 1 N–H and O–H groups in total. The second-order valence-electron chi connectivity index (χ2n) is 6.35. The molecule has 6 nitrogen and oxygen atoms in total. The van der Waals surface area contributed by atoms with Crippen molar-refractivity contribution in [1.82, 2.24) is 14.7 Å². The van der Waals surface area contributed by atoms with Crippen LogP contribution in [0.3, 0.4) is 0 Å². The molecule has 22 heavy (non-hydrogen) atoms. The summed E-state index contributed by atoms with van der Waals surface area (Å²) >= 11 is 0. The Bertz CT molecular complexity index is 420. The van der Waals surface area contributed by atoms with E-state index in [-0.39, 0.29) is 6.10 Å². The standard InChI is InChI=1S/C16H27N3O3/c20-15(12-21-13-16-5-2-9-22-16)11-18-7-1-4-14(18)10-19-8-3-6-17-19/h3,6,8,14-16,20H,1-2,4-5,7,9-13H2. The molecule has 3 unspecified atom stereocenters. The van der Waals surface area contributed by atoms with E-state index in [1.165, 1.54) is 12.8 Å². The van der Waals surface area contributed by atoms with E-state index in [1.807, 2.05) is 23.1 Å². The molecule has 0 aromatic carbocycles. The number of aromatic nitrogens is 2. The molecule has 2 saturated heterocycles. The highest BCUT2D eigenvalue weighted by atomic mass is 16.5. The fourth-order valence-electron chi connectivity index (χ4n) is 3.40. The van der Waals surface area contributed by atoms with Gasteiger partial charge in [0.15, 0.2) is 0 Å². The van der Waals surface area contributed by atoms with E-state index < -0.39 is 6.10 Å². The highest BCUT2D eigenvalue weighted by molar-refractivity contribution is 4.84. The minimum atomic E-state index is -0.431. The quantitative estimate of drug-likeness (QED) is 0.773. The van der Waals surface area contributed by atoms with Crippen molar-refractivity contribution >= 4 is 0 Å². The van der Waals surface area contributed by atoms with Gasteiger partial charge in [-0.05, 0) is 38.3 Å². The van der Waals surface area contributed by atoms with Crippen LogP contribution in [-0.4, -0.2) is 70.9 Å². The first kappa shape index (κ1) is 15.9. The highest BCUT2D eigenvalue weighted by Gasteiger charge is 2.27. The van der Waals surface area contributed by atoms with Crippen molar-refractivity contribution in [2.24, 2.45) is 0 Å². The lowest BCUT2D eigenvalue weighted by atomic mass is 10.2. The number of rotatable bonds is 8. The number of hydrogen-bond acceptors (Lipinski definition) is 5. The summed E-state index contributed by atoms with van der Waals surface area (Å²) in [5.74, 6) is 0. The molecule has 2 fully saturated rings. The van der Waals surface area contributed by atoms with Crippen LogP contribution in [-0.2, 0) is 16.0 Å². The van der Waals surface area contributed by atoms with Crippen molar-refractivity contribution < 1.29 is 14.6 Å². The van der Waals surface area contributed by atoms with Crippen LogP contribution in [0.4, 0.5) is 0 Å². The van der Waals surface area contributed by atoms with Crippen molar-refractivity contribution in [2.75, 3.05) is 32.9 Å². The van der Waals surface area contributed by atoms with Crippen LogP contribution in [0, 0.1) is 0 Å². The SMILES string of the molecule is OC(COCC1CCCO1)CN1CCCC1Cn1cccn1. The van der Waals surface area contributed by atoms with Gasteiger partial charge in [0, 0.05) is 31.6 Å². The Morgan fingerprint density at radius 1 is 1.36 bits per heavy atom. The van der Waals surface area contributed by atoms with Gasteiger partial charge in [-0.15, -0.1) is 0 Å². The zero-order valence-electron chi connectivity index (χ0n) is 13.1. The van der Waals surface area contributed by atoms with Crippen LogP contribution in [0.1, 0.15) is 25.7 Å². The summed E-state index contributed by atoms with van der Waals surface area (Å²) in [4.78, 5) is 2.36. The van der Waals surface area contributed by atoms with Crippen molar-refractivity contribution in [3.8, 4) is 0 Å². The van der Waals surface area contributed by atoms with Gasteiger partial charge in [-0.2, -0.15) is 5.10 Å². The van der Waals surface area contributed by atoms with Gasteiger partial charge in [-0.1, -0.05) is 0 Å². The monoisotopic (exact) mass is 309 g/mol. The summed E-state index contributed by atoms with van der Waals surface area (Å²) in [6, 6.07) is 2.42. The molecule has 2 aliphatic rings. The van der Waals surface area contributed by atoms with Crippen molar-refractivity contribution in [1.29, 1.82) is 0 Å². The normalized spacial score (nSPS) is 27.5. The molecule has 1 aromatic rings. The van der Waals surface area contributed by atoms with Gasteiger partial charge < -0.3 is 14.6 Å². The molecule has 1 aromatic heterocycles. The minimum absolute atomic E-state index is 0.228. The molecule has 6 heteroatoms. The summed E-state index contributed by atoms with van der Waals surface area (Å²) in [7, 11) is 0. The van der Waals surface area contributed by atoms with E-state index in [4.69, 9.17) is 9.47 Å². The molecular formula is C16H27N3O3. The first-order chi connectivity index (χ1) is 10.8. The Morgan fingerprint density at radius 2 is 2.32 bits per heavy atom. The minimum Gasteiger partial charge on any atom is -0.389 e. The smallest absolute Gasteiger partial charge is 0.0900 e. The largest absolute Gasteiger partial charge is 0.389 e. The number of hydrogen-bond donors (Lipinski definition) is 1. The maximum atomic E-state index is 10.2. The third-order valence-corrected chi connectivity index (χ3v) is 4.54. The van der Waals surface area contributed by atoms with Crippen LogP contribution in [0.25, 0.3) is 0 Å². The zero-order chi connectivity index (χ0) is 15.2. The Hall–Kier alpha value is -0.950. The lowest BCUT2D eigenvalue weighted by Gasteiger charge is -2.26. The molecule has 3 heterocycles. The molecule has 2 aliphatic heterocycles. The van der Waals surface area contributed by atoms with Crippen LogP contribution in [0.5, 0.6) is 0 Å². The zero-order valence-corrected chi connectivity index (χ0v) is 13.1. The van der Waals surface area contributed by atoms with Gasteiger partial charge in [-0.3, -0.25) is 9.58 Å². The van der Waals surface area contributed by atoms with Crippen molar-refractivity contribution in [2.45, 2.75) is 50.5 Å². The van der Waals surface area contributed by atoms with Gasteiger partial charge >= 0.3 is 0 Å². The van der Waals surface area contributed by atoms with E-state index in [0.29, 0.717) is 25.8 Å². The maximum Gasteiger partial charge on any atom is 0.0900 e. The Balaban J connectivity index is 1.37. The number of aliphatic hydroxyl groups is 1. The van der Waals surface area contributed by atoms with Crippen LogP contribution in [0.2, 0.25) is 0 Å². The Labute approximate surface area is 132 Å². The fraction of sp³-hybridized carbons (Fsp3) is 0.812. The second-order valence-corrected chi connectivity index (χ2v) is 6.35. The van der Waals surface area contributed by atoms with E-state index in [9.17, 15) is 5.11 Å². The van der Waals surface area contributed by atoms with E-state index >= 15 is 0 Å². The third-order valence-electron chi connectivity index (χ3n) is 4.54. The number of nitrogens with zero attached hydrogens (tertiary/aromatic N) is 3. The Morgan fingerprint density at radius 3 is 3.09 bits per heavy atom. The molecule has 0 saturated carbocycles. The first-order valence-corrected chi connectivity index (χ1v) is 8.40. The summed E-state index contributed by atoms with van der Waals surface area (Å²) in [6.07, 6.45) is 8.17. The highest BCUT2D eigenvalue weighted by Crippen LogP contribution is 2.19. The number of aliphatic hydroxyl groups excluding tert-OH is 1. The van der Waals surface area contributed by atoms with E-state index in [1.54, 1.807) is 0 Å². The molecule has 3 rings (SSSR count). The lowest BCUT2D eigenvalue weighted by molar-refractivity contribution is -0.0265. The maximum absolute atomic E-state index is 10.2. The van der Waals surface area contributed by atoms with Crippen LogP contribution < -0.4 is 0 Å². The van der Waals surface area contributed by atoms with Crippen molar-refractivity contribution in [3.05, 3.63) is 18.5 Å². The number of likely N-dealkylation sites (tertiary alicyclic amines) is 1. The molecule has 0 spiro atoms. The van der Waals surface area contributed by atoms with Crippen LogP contribution in [0.15, 0.2) is 18.5 Å². The summed E-state index contributed by atoms with van der Waals surface area (Å²) < 4.78 is 13.1.